The van der Waals surface area contributed by atoms with E-state index in [4.69, 9.17) is 5.11 Å². The first-order valence-corrected chi connectivity index (χ1v) is 3.67. The molecule has 2 N–H and O–H groups in total. The number of carboxylic acid groups (broad SMARTS) is 1. The zero-order valence-electron chi connectivity index (χ0n) is 7.37. The predicted octanol–water partition coefficient (Wildman–Crippen LogP) is 0.682. The Kier molecular flexibility index (Phi) is 2.36. The van der Waals surface area contributed by atoms with E-state index in [9.17, 15) is 9.59 Å². The third-order valence-electron chi connectivity index (χ3n) is 1.50. The van der Waals surface area contributed by atoms with Gasteiger partial charge in [-0.05, 0) is 0 Å². The lowest BCUT2D eigenvalue weighted by atomic mass is 10.3. The highest BCUT2D eigenvalue weighted by atomic mass is 16.4. The molecule has 70 valence electrons. The van der Waals surface area contributed by atoms with Crippen LogP contribution in [0.2, 0.25) is 0 Å². The molecule has 0 bridgehead atoms. The van der Waals surface area contributed by atoms with Gasteiger partial charge in [-0.3, -0.25) is 4.79 Å². The number of aryl methyl sites for hydroxylation is 1. The van der Waals surface area contributed by atoms with Crippen LogP contribution in [0, 0.1) is 0 Å². The van der Waals surface area contributed by atoms with Crippen LogP contribution in [-0.2, 0) is 11.8 Å². The van der Waals surface area contributed by atoms with Crippen LogP contribution < -0.4 is 5.32 Å². The SMILES string of the molecule is CC(=O)Nc1cn(C)cc1C(=O)O. The molecule has 13 heavy (non-hydrogen) atoms. The van der Waals surface area contributed by atoms with Crippen LogP contribution in [0.4, 0.5) is 5.69 Å². The number of nitrogens with zero attached hydrogens (tertiary/aromatic N) is 1. The molecule has 0 radical (unpaired) electrons. The Hall–Kier alpha value is -1.78. The van der Waals surface area contributed by atoms with Crippen molar-refractivity contribution in [2.75, 3.05) is 5.32 Å². The maximum atomic E-state index is 10.7. The maximum absolute atomic E-state index is 10.7. The second-order valence-corrected chi connectivity index (χ2v) is 2.74. The minimum absolute atomic E-state index is 0.0951. The van der Waals surface area contributed by atoms with Gasteiger partial charge in [0.25, 0.3) is 0 Å². The van der Waals surface area contributed by atoms with E-state index < -0.39 is 5.97 Å². The second kappa shape index (κ2) is 3.30. The topological polar surface area (TPSA) is 71.3 Å². The Morgan fingerprint density at radius 1 is 1.46 bits per heavy atom. The van der Waals surface area contributed by atoms with Gasteiger partial charge >= 0.3 is 5.97 Å². The van der Waals surface area contributed by atoms with Crippen LogP contribution in [0.5, 0.6) is 0 Å². The number of nitrogens with one attached hydrogen (secondary N) is 1. The van der Waals surface area contributed by atoms with Gasteiger partial charge in [0, 0.05) is 26.4 Å². The molecule has 1 aromatic heterocycles. The number of aromatic nitrogens is 1. The van der Waals surface area contributed by atoms with E-state index >= 15 is 0 Å². The van der Waals surface area contributed by atoms with E-state index in [2.05, 4.69) is 5.32 Å². The molecular weight excluding hydrogens is 172 g/mol. The van der Waals surface area contributed by atoms with Gasteiger partial charge < -0.3 is 15.0 Å². The van der Waals surface area contributed by atoms with E-state index in [1.165, 1.54) is 13.1 Å². The summed E-state index contributed by atoms with van der Waals surface area (Å²) in [5, 5.41) is 11.2. The number of rotatable bonds is 2. The summed E-state index contributed by atoms with van der Waals surface area (Å²) in [6, 6.07) is 0. The number of carboxylic acids is 1. The summed E-state index contributed by atoms with van der Waals surface area (Å²) in [6.07, 6.45) is 2.98. The summed E-state index contributed by atoms with van der Waals surface area (Å²) in [6.45, 7) is 1.33. The lowest BCUT2D eigenvalue weighted by Crippen LogP contribution is -2.08. The summed E-state index contributed by atoms with van der Waals surface area (Å²) in [5.41, 5.74) is 0.417. The highest BCUT2D eigenvalue weighted by Gasteiger charge is 2.12. The number of anilines is 1. The van der Waals surface area contributed by atoms with Gasteiger partial charge in [0.05, 0.1) is 5.69 Å². The van der Waals surface area contributed by atoms with Crippen molar-refractivity contribution < 1.29 is 14.7 Å². The molecule has 5 heteroatoms. The highest BCUT2D eigenvalue weighted by Crippen LogP contribution is 2.15. The fraction of sp³-hybridized carbons (Fsp3) is 0.250. The molecule has 1 heterocycles. The van der Waals surface area contributed by atoms with Crippen molar-refractivity contribution in [2.45, 2.75) is 6.92 Å². The Morgan fingerprint density at radius 2 is 2.08 bits per heavy atom. The van der Waals surface area contributed by atoms with Gasteiger partial charge in [-0.2, -0.15) is 0 Å². The molecule has 0 spiro atoms. The summed E-state index contributed by atoms with van der Waals surface area (Å²) in [5.74, 6) is -1.34. The number of aromatic carboxylic acids is 1. The molecule has 0 aliphatic carbocycles. The number of hydrogen-bond donors (Lipinski definition) is 2. The monoisotopic (exact) mass is 182 g/mol. The quantitative estimate of drug-likeness (QED) is 0.706. The van der Waals surface area contributed by atoms with Crippen molar-refractivity contribution in [1.82, 2.24) is 4.57 Å². The van der Waals surface area contributed by atoms with Gasteiger partial charge in [-0.15, -0.1) is 0 Å². The fourth-order valence-electron chi connectivity index (χ4n) is 1.04. The standard InChI is InChI=1S/C8H10N2O3/c1-5(11)9-7-4-10(2)3-6(7)8(12)13/h3-4H,1-2H3,(H,9,11)(H,12,13). The summed E-state index contributed by atoms with van der Waals surface area (Å²) in [4.78, 5) is 21.3. The van der Waals surface area contributed by atoms with E-state index in [-0.39, 0.29) is 11.5 Å². The number of carbonyl (C=O) groups is 2. The minimum atomic E-state index is -1.05. The Bertz CT molecular complexity index is 354. The molecule has 0 saturated heterocycles. The second-order valence-electron chi connectivity index (χ2n) is 2.74. The molecular formula is C8H10N2O3. The molecule has 0 aliphatic rings. The van der Waals surface area contributed by atoms with E-state index in [1.807, 2.05) is 0 Å². The Balaban J connectivity index is 3.04. The largest absolute Gasteiger partial charge is 0.478 e. The van der Waals surface area contributed by atoms with Crippen LogP contribution >= 0.6 is 0 Å². The molecule has 0 aromatic carbocycles. The third kappa shape index (κ3) is 2.08. The summed E-state index contributed by atoms with van der Waals surface area (Å²) >= 11 is 0. The molecule has 0 atom stereocenters. The maximum Gasteiger partial charge on any atom is 0.339 e. The number of hydrogen-bond acceptors (Lipinski definition) is 2. The van der Waals surface area contributed by atoms with Gasteiger partial charge in [0.2, 0.25) is 5.91 Å². The average Bonchev–Trinajstić information content (AvgIpc) is 2.29. The number of carbonyl (C=O) groups excluding carboxylic acids is 1. The Morgan fingerprint density at radius 3 is 2.54 bits per heavy atom. The van der Waals surface area contributed by atoms with Crippen molar-refractivity contribution in [3.05, 3.63) is 18.0 Å². The zero-order valence-corrected chi connectivity index (χ0v) is 7.37. The van der Waals surface area contributed by atoms with Crippen LogP contribution in [0.1, 0.15) is 17.3 Å². The van der Waals surface area contributed by atoms with Crippen molar-refractivity contribution in [1.29, 1.82) is 0 Å². The first kappa shape index (κ1) is 9.31. The molecule has 1 amide bonds. The van der Waals surface area contributed by atoms with Gasteiger partial charge in [0.15, 0.2) is 0 Å². The zero-order chi connectivity index (χ0) is 10.0. The van der Waals surface area contributed by atoms with Gasteiger partial charge in [-0.25, -0.2) is 4.79 Å². The van der Waals surface area contributed by atoms with Crippen molar-refractivity contribution in [3.63, 3.8) is 0 Å². The highest BCUT2D eigenvalue weighted by molar-refractivity contribution is 5.99. The Labute approximate surface area is 75.0 Å². The first-order valence-electron chi connectivity index (χ1n) is 3.67. The predicted molar refractivity (Wildman–Crippen MR) is 46.7 cm³/mol. The fourth-order valence-corrected chi connectivity index (χ4v) is 1.04. The third-order valence-corrected chi connectivity index (χ3v) is 1.50. The van der Waals surface area contributed by atoms with Crippen molar-refractivity contribution in [2.24, 2.45) is 7.05 Å². The molecule has 0 unspecified atom stereocenters. The first-order chi connectivity index (χ1) is 6.00. The molecule has 0 fully saturated rings. The summed E-state index contributed by atoms with van der Waals surface area (Å²) in [7, 11) is 1.69. The van der Waals surface area contributed by atoms with Gasteiger partial charge in [-0.1, -0.05) is 0 Å². The summed E-state index contributed by atoms with van der Waals surface area (Å²) < 4.78 is 1.58. The molecule has 0 aliphatic heterocycles. The van der Waals surface area contributed by atoms with Crippen molar-refractivity contribution in [3.8, 4) is 0 Å². The van der Waals surface area contributed by atoms with E-state index in [0.29, 0.717) is 5.69 Å². The van der Waals surface area contributed by atoms with Crippen LogP contribution in [0.15, 0.2) is 12.4 Å². The van der Waals surface area contributed by atoms with E-state index in [0.717, 1.165) is 0 Å². The van der Waals surface area contributed by atoms with Crippen LogP contribution in [-0.4, -0.2) is 21.6 Å². The minimum Gasteiger partial charge on any atom is -0.478 e. The molecule has 5 nitrogen and oxygen atoms in total. The average molecular weight is 182 g/mol. The normalized spacial score (nSPS) is 9.69. The van der Waals surface area contributed by atoms with Gasteiger partial charge in [0.1, 0.15) is 5.56 Å². The lowest BCUT2D eigenvalue weighted by molar-refractivity contribution is -0.114. The molecule has 0 saturated carbocycles. The van der Waals surface area contributed by atoms with Crippen LogP contribution in [0.25, 0.3) is 0 Å². The smallest absolute Gasteiger partial charge is 0.339 e. The lowest BCUT2D eigenvalue weighted by Gasteiger charge is -1.98. The molecule has 1 aromatic rings. The number of amides is 1. The van der Waals surface area contributed by atoms with E-state index in [1.54, 1.807) is 17.8 Å². The molecule has 1 rings (SSSR count). The van der Waals surface area contributed by atoms with Crippen molar-refractivity contribution >= 4 is 17.6 Å². The van der Waals surface area contributed by atoms with Crippen LogP contribution in [0.3, 0.4) is 0 Å².